The van der Waals surface area contributed by atoms with E-state index in [2.05, 4.69) is 31.2 Å². The van der Waals surface area contributed by atoms with Crippen molar-refractivity contribution in [1.29, 1.82) is 0 Å². The quantitative estimate of drug-likeness (QED) is 0.773. The van der Waals surface area contributed by atoms with Gasteiger partial charge in [0.1, 0.15) is 0 Å². The number of nitrogens with two attached hydrogens (primary N) is 1. The number of thioether (sulfide) groups is 1. The minimum absolute atomic E-state index is 0.377. The van der Waals surface area contributed by atoms with E-state index < -0.39 is 0 Å². The van der Waals surface area contributed by atoms with Gasteiger partial charge in [0, 0.05) is 16.7 Å². The van der Waals surface area contributed by atoms with Gasteiger partial charge in [-0.2, -0.15) is 0 Å². The summed E-state index contributed by atoms with van der Waals surface area (Å²) < 4.78 is 0. The number of benzene rings is 1. The molecule has 0 heterocycles. The van der Waals surface area contributed by atoms with Crippen molar-refractivity contribution in [1.82, 2.24) is 0 Å². The van der Waals surface area contributed by atoms with Gasteiger partial charge in [0.05, 0.1) is 0 Å². The maximum Gasteiger partial charge on any atom is 0.0136 e. The van der Waals surface area contributed by atoms with Crippen LogP contribution >= 0.6 is 11.8 Å². The summed E-state index contributed by atoms with van der Waals surface area (Å²) in [6.45, 7) is 2.16. The Morgan fingerprint density at radius 1 is 1.40 bits per heavy atom. The average Bonchev–Trinajstić information content (AvgIpc) is 3.00. The molecule has 15 heavy (non-hydrogen) atoms. The zero-order valence-electron chi connectivity index (χ0n) is 9.28. The maximum atomic E-state index is 6.09. The molecule has 0 aliphatic heterocycles. The Hall–Kier alpha value is -0.470. The van der Waals surface area contributed by atoms with Gasteiger partial charge in [-0.1, -0.05) is 31.0 Å². The summed E-state index contributed by atoms with van der Waals surface area (Å²) in [5.74, 6) is 2.00. The van der Waals surface area contributed by atoms with Crippen LogP contribution in [-0.4, -0.2) is 11.8 Å². The first-order valence-corrected chi connectivity index (χ1v) is 6.68. The van der Waals surface area contributed by atoms with Gasteiger partial charge in [-0.15, -0.1) is 11.8 Å². The van der Waals surface area contributed by atoms with Gasteiger partial charge in [-0.05, 0) is 30.9 Å². The maximum absolute atomic E-state index is 6.09. The molecule has 1 aromatic rings. The fourth-order valence-corrected chi connectivity index (χ4v) is 2.77. The Morgan fingerprint density at radius 2 is 2.13 bits per heavy atom. The van der Waals surface area contributed by atoms with Crippen LogP contribution in [0, 0.1) is 12.8 Å². The first kappa shape index (κ1) is 11.0. The van der Waals surface area contributed by atoms with Crippen molar-refractivity contribution in [3.05, 3.63) is 29.8 Å². The molecule has 1 fully saturated rings. The second-order valence-electron chi connectivity index (χ2n) is 4.52. The van der Waals surface area contributed by atoms with E-state index in [1.165, 1.54) is 29.7 Å². The Morgan fingerprint density at radius 3 is 2.80 bits per heavy atom. The van der Waals surface area contributed by atoms with Gasteiger partial charge in [0.2, 0.25) is 0 Å². The Kier molecular flexibility index (Phi) is 3.71. The molecule has 1 saturated carbocycles. The standard InChI is InChI=1S/C13H19NS/c1-10-4-2-3-5-13(10)15-9-12(14)8-11-6-7-11/h2-5,11-12H,6-9,14H2,1H3. The number of aryl methyl sites for hydroxylation is 1. The van der Waals surface area contributed by atoms with Crippen molar-refractivity contribution in [3.8, 4) is 0 Å². The van der Waals surface area contributed by atoms with Crippen LogP contribution in [0.15, 0.2) is 29.2 Å². The average molecular weight is 221 g/mol. The van der Waals surface area contributed by atoms with E-state index in [1.807, 2.05) is 11.8 Å². The molecule has 2 rings (SSSR count). The number of rotatable bonds is 5. The summed E-state index contributed by atoms with van der Waals surface area (Å²) >= 11 is 1.90. The third kappa shape index (κ3) is 3.54. The number of hydrogen-bond donors (Lipinski definition) is 1. The summed E-state index contributed by atoms with van der Waals surface area (Å²) in [4.78, 5) is 1.38. The Labute approximate surface area is 96.4 Å². The van der Waals surface area contributed by atoms with E-state index in [0.717, 1.165) is 11.7 Å². The molecule has 2 heteroatoms. The molecule has 1 nitrogen and oxygen atoms in total. The molecule has 2 N–H and O–H groups in total. The third-order valence-electron chi connectivity index (χ3n) is 2.88. The van der Waals surface area contributed by atoms with Crippen molar-refractivity contribution in [3.63, 3.8) is 0 Å². The highest BCUT2D eigenvalue weighted by Crippen LogP contribution is 2.34. The van der Waals surface area contributed by atoms with Crippen LogP contribution < -0.4 is 5.73 Å². The highest BCUT2D eigenvalue weighted by molar-refractivity contribution is 7.99. The van der Waals surface area contributed by atoms with E-state index >= 15 is 0 Å². The molecule has 0 aromatic heterocycles. The van der Waals surface area contributed by atoms with E-state index in [0.29, 0.717) is 6.04 Å². The zero-order valence-corrected chi connectivity index (χ0v) is 10.1. The van der Waals surface area contributed by atoms with Crippen LogP contribution in [0.2, 0.25) is 0 Å². The molecule has 1 aliphatic rings. The molecular weight excluding hydrogens is 202 g/mol. The second kappa shape index (κ2) is 5.04. The Balaban J connectivity index is 1.78. The smallest absolute Gasteiger partial charge is 0.0136 e. The molecule has 82 valence electrons. The predicted molar refractivity (Wildman–Crippen MR) is 67.2 cm³/mol. The van der Waals surface area contributed by atoms with Gasteiger partial charge >= 0.3 is 0 Å². The van der Waals surface area contributed by atoms with Crippen LogP contribution in [0.5, 0.6) is 0 Å². The molecular formula is C13H19NS. The Bertz CT molecular complexity index is 320. The van der Waals surface area contributed by atoms with E-state index in [9.17, 15) is 0 Å². The topological polar surface area (TPSA) is 26.0 Å². The molecule has 0 saturated heterocycles. The zero-order chi connectivity index (χ0) is 10.7. The van der Waals surface area contributed by atoms with Crippen LogP contribution in [-0.2, 0) is 0 Å². The van der Waals surface area contributed by atoms with E-state index in [1.54, 1.807) is 0 Å². The van der Waals surface area contributed by atoms with E-state index in [4.69, 9.17) is 5.73 Å². The van der Waals surface area contributed by atoms with Crippen molar-refractivity contribution in [2.24, 2.45) is 11.7 Å². The molecule has 1 aromatic carbocycles. The molecule has 1 unspecified atom stereocenters. The predicted octanol–water partition coefficient (Wildman–Crippen LogP) is 3.21. The highest BCUT2D eigenvalue weighted by atomic mass is 32.2. The lowest BCUT2D eigenvalue weighted by Gasteiger charge is -2.11. The normalized spacial score (nSPS) is 17.7. The fraction of sp³-hybridized carbons (Fsp3) is 0.538. The molecule has 0 radical (unpaired) electrons. The minimum atomic E-state index is 0.377. The van der Waals surface area contributed by atoms with Crippen molar-refractivity contribution in [2.45, 2.75) is 37.1 Å². The lowest BCUT2D eigenvalue weighted by atomic mass is 10.2. The van der Waals surface area contributed by atoms with Crippen molar-refractivity contribution >= 4 is 11.8 Å². The largest absolute Gasteiger partial charge is 0.327 e. The summed E-state index contributed by atoms with van der Waals surface area (Å²) in [6, 6.07) is 8.91. The molecule has 1 aliphatic carbocycles. The molecule has 0 bridgehead atoms. The van der Waals surface area contributed by atoms with Crippen LogP contribution in [0.3, 0.4) is 0 Å². The van der Waals surface area contributed by atoms with Gasteiger partial charge < -0.3 is 5.73 Å². The first-order chi connectivity index (χ1) is 7.25. The van der Waals surface area contributed by atoms with Gasteiger partial charge in [-0.25, -0.2) is 0 Å². The van der Waals surface area contributed by atoms with E-state index in [-0.39, 0.29) is 0 Å². The van der Waals surface area contributed by atoms with Crippen molar-refractivity contribution < 1.29 is 0 Å². The second-order valence-corrected chi connectivity index (χ2v) is 5.58. The summed E-state index contributed by atoms with van der Waals surface area (Å²) in [5.41, 5.74) is 7.45. The SMILES string of the molecule is Cc1ccccc1SCC(N)CC1CC1. The summed E-state index contributed by atoms with van der Waals surface area (Å²) in [7, 11) is 0. The fourth-order valence-electron chi connectivity index (χ4n) is 1.76. The lowest BCUT2D eigenvalue weighted by molar-refractivity contribution is 0.617. The van der Waals surface area contributed by atoms with Gasteiger partial charge in [0.15, 0.2) is 0 Å². The summed E-state index contributed by atoms with van der Waals surface area (Å²) in [5, 5.41) is 0. The third-order valence-corrected chi connectivity index (χ3v) is 4.24. The molecule has 1 atom stereocenters. The molecule has 0 amide bonds. The van der Waals surface area contributed by atoms with Gasteiger partial charge in [-0.3, -0.25) is 0 Å². The number of hydrogen-bond acceptors (Lipinski definition) is 2. The van der Waals surface area contributed by atoms with Crippen molar-refractivity contribution in [2.75, 3.05) is 5.75 Å². The molecule has 0 spiro atoms. The van der Waals surface area contributed by atoms with Crippen LogP contribution in [0.25, 0.3) is 0 Å². The van der Waals surface area contributed by atoms with Gasteiger partial charge in [0.25, 0.3) is 0 Å². The summed E-state index contributed by atoms with van der Waals surface area (Å²) in [6.07, 6.45) is 4.03. The van der Waals surface area contributed by atoms with Crippen LogP contribution in [0.1, 0.15) is 24.8 Å². The minimum Gasteiger partial charge on any atom is -0.327 e. The highest BCUT2D eigenvalue weighted by Gasteiger charge is 2.23. The van der Waals surface area contributed by atoms with Crippen LogP contribution in [0.4, 0.5) is 0 Å². The lowest BCUT2D eigenvalue weighted by Crippen LogP contribution is -2.23. The first-order valence-electron chi connectivity index (χ1n) is 5.69. The monoisotopic (exact) mass is 221 g/mol.